The van der Waals surface area contributed by atoms with Gasteiger partial charge < -0.3 is 20.4 Å². The maximum atomic E-state index is 14.7. The smallest absolute Gasteiger partial charge is 0.275 e. The molecule has 2 aliphatic rings. The third kappa shape index (κ3) is 6.15. The second-order valence-corrected chi connectivity index (χ2v) is 11.9. The van der Waals surface area contributed by atoms with E-state index in [1.807, 2.05) is 6.92 Å². The first-order valence-corrected chi connectivity index (χ1v) is 15.0. The Balaban J connectivity index is 1.11. The van der Waals surface area contributed by atoms with Gasteiger partial charge in [0, 0.05) is 67.0 Å². The van der Waals surface area contributed by atoms with Gasteiger partial charge in [-0.25, -0.2) is 28.1 Å². The van der Waals surface area contributed by atoms with E-state index in [1.165, 1.54) is 6.20 Å². The quantitative estimate of drug-likeness (QED) is 0.243. The Bertz CT molecular complexity index is 1720. The van der Waals surface area contributed by atoms with E-state index < -0.39 is 41.5 Å². The predicted octanol–water partition coefficient (Wildman–Crippen LogP) is 3.73. The van der Waals surface area contributed by atoms with Gasteiger partial charge in [0.15, 0.2) is 5.82 Å². The molecule has 1 amide bonds. The topological polar surface area (TPSA) is 145 Å². The Morgan fingerprint density at radius 1 is 1.07 bits per heavy atom. The number of carbonyl (C=O) groups excluding carboxylic acids is 1. The fourth-order valence-electron chi connectivity index (χ4n) is 5.79. The normalized spacial score (nSPS) is 21.3. The summed E-state index contributed by atoms with van der Waals surface area (Å²) in [4.78, 5) is 34.3. The molecule has 1 aromatic carbocycles. The van der Waals surface area contributed by atoms with Crippen LogP contribution in [0.4, 0.5) is 24.8 Å². The summed E-state index contributed by atoms with van der Waals surface area (Å²) in [6, 6.07) is 2.02. The van der Waals surface area contributed by atoms with Crippen molar-refractivity contribution in [2.45, 2.75) is 57.0 Å². The predicted molar refractivity (Wildman–Crippen MR) is 162 cm³/mol. The molecule has 46 heavy (non-hydrogen) atoms. The second-order valence-electron chi connectivity index (χ2n) is 11.4. The molecule has 6 rings (SSSR count). The van der Waals surface area contributed by atoms with Crippen LogP contribution >= 0.6 is 11.6 Å². The summed E-state index contributed by atoms with van der Waals surface area (Å²) >= 11 is 5.82. The summed E-state index contributed by atoms with van der Waals surface area (Å²) in [6.45, 7) is 5.64. The molecule has 2 saturated heterocycles. The molecule has 0 aliphatic carbocycles. The van der Waals surface area contributed by atoms with Crippen molar-refractivity contribution in [2.75, 3.05) is 29.9 Å². The van der Waals surface area contributed by atoms with Crippen molar-refractivity contribution >= 4 is 29.1 Å². The van der Waals surface area contributed by atoms with Crippen molar-refractivity contribution in [3.63, 3.8) is 0 Å². The number of anilines is 2. The highest BCUT2D eigenvalue weighted by molar-refractivity contribution is 6.31. The number of carbonyl (C=O) groups is 1. The third-order valence-electron chi connectivity index (χ3n) is 8.63. The molecule has 0 spiro atoms. The highest BCUT2D eigenvalue weighted by Crippen LogP contribution is 2.35. The van der Waals surface area contributed by atoms with Crippen LogP contribution in [0.15, 0.2) is 49.3 Å². The average Bonchev–Trinajstić information content (AvgIpc) is 3.63. The first-order valence-electron chi connectivity index (χ1n) is 14.6. The number of hydrogen-bond acceptors (Lipinski definition) is 10. The molecule has 5 atom stereocenters. The van der Waals surface area contributed by atoms with Crippen molar-refractivity contribution in [3.8, 4) is 11.3 Å². The van der Waals surface area contributed by atoms with Gasteiger partial charge >= 0.3 is 0 Å². The second kappa shape index (κ2) is 12.9. The first-order chi connectivity index (χ1) is 22.0. The number of aliphatic hydroxyl groups excluding tert-OH is 2. The lowest BCUT2D eigenvalue weighted by atomic mass is 9.95. The van der Waals surface area contributed by atoms with Crippen LogP contribution in [0, 0.1) is 5.82 Å². The van der Waals surface area contributed by atoms with E-state index in [-0.39, 0.29) is 34.5 Å². The zero-order chi connectivity index (χ0) is 32.7. The van der Waals surface area contributed by atoms with E-state index in [4.69, 9.17) is 11.6 Å². The van der Waals surface area contributed by atoms with Gasteiger partial charge in [-0.2, -0.15) is 5.10 Å². The first kappa shape index (κ1) is 31.8. The van der Waals surface area contributed by atoms with Gasteiger partial charge in [-0.3, -0.25) is 19.4 Å². The van der Waals surface area contributed by atoms with E-state index in [9.17, 15) is 28.2 Å². The highest BCUT2D eigenvalue weighted by atomic mass is 35.5. The van der Waals surface area contributed by atoms with Crippen LogP contribution in [-0.4, -0.2) is 94.7 Å². The number of nitrogens with zero attached hydrogens (tertiary/aromatic N) is 8. The van der Waals surface area contributed by atoms with Crippen LogP contribution in [0.5, 0.6) is 0 Å². The summed E-state index contributed by atoms with van der Waals surface area (Å²) in [6.07, 6.45) is 5.18. The zero-order valence-corrected chi connectivity index (χ0v) is 25.6. The largest absolute Gasteiger partial charge is 0.389 e. The summed E-state index contributed by atoms with van der Waals surface area (Å²) in [7, 11) is 0. The molecular formula is C30H31ClF3N9O3. The number of aliphatic hydroxyl groups is 2. The lowest BCUT2D eigenvalue weighted by Gasteiger charge is -2.47. The van der Waals surface area contributed by atoms with Crippen molar-refractivity contribution in [2.24, 2.45) is 0 Å². The van der Waals surface area contributed by atoms with Gasteiger partial charge in [-0.15, -0.1) is 0 Å². The monoisotopic (exact) mass is 657 g/mol. The van der Waals surface area contributed by atoms with Crippen LogP contribution in [-0.2, 0) is 0 Å². The molecule has 0 bridgehead atoms. The minimum absolute atomic E-state index is 0.113. The number of amides is 1. The van der Waals surface area contributed by atoms with Gasteiger partial charge in [-0.1, -0.05) is 17.7 Å². The lowest BCUT2D eigenvalue weighted by molar-refractivity contribution is 0.0572. The molecule has 0 saturated carbocycles. The fraction of sp³-hybridized carbons (Fsp3) is 0.400. The number of aromatic nitrogens is 6. The number of rotatable bonds is 9. The maximum Gasteiger partial charge on any atom is 0.275 e. The minimum Gasteiger partial charge on any atom is -0.389 e. The Hall–Kier alpha value is -4.18. The summed E-state index contributed by atoms with van der Waals surface area (Å²) < 4.78 is 43.5. The molecule has 5 heterocycles. The Morgan fingerprint density at radius 2 is 1.78 bits per heavy atom. The van der Waals surface area contributed by atoms with E-state index in [1.54, 1.807) is 23.3 Å². The van der Waals surface area contributed by atoms with Crippen molar-refractivity contribution in [3.05, 3.63) is 77.0 Å². The molecule has 242 valence electrons. The van der Waals surface area contributed by atoms with Gasteiger partial charge in [0.1, 0.15) is 5.69 Å². The summed E-state index contributed by atoms with van der Waals surface area (Å²) in [5.74, 6) is -1.19. The molecule has 12 nitrogen and oxygen atoms in total. The highest BCUT2D eigenvalue weighted by Gasteiger charge is 2.41. The van der Waals surface area contributed by atoms with Gasteiger partial charge in [0.2, 0.25) is 5.95 Å². The summed E-state index contributed by atoms with van der Waals surface area (Å²) in [5, 5.41) is 26.5. The molecule has 16 heteroatoms. The van der Waals surface area contributed by atoms with Crippen LogP contribution in [0.25, 0.3) is 11.3 Å². The molecular weight excluding hydrogens is 627 g/mol. The third-order valence-corrected chi connectivity index (χ3v) is 8.92. The Kier molecular flexibility index (Phi) is 8.92. The number of benzene rings is 1. The van der Waals surface area contributed by atoms with E-state index in [2.05, 4.69) is 47.1 Å². The van der Waals surface area contributed by atoms with Crippen LogP contribution < -0.4 is 10.2 Å². The molecule has 2 aliphatic heterocycles. The maximum absolute atomic E-state index is 14.7. The summed E-state index contributed by atoms with van der Waals surface area (Å²) in [5.41, 5.74) is -0.523. The Morgan fingerprint density at radius 3 is 2.43 bits per heavy atom. The van der Waals surface area contributed by atoms with Crippen molar-refractivity contribution < 1.29 is 28.2 Å². The molecule has 3 aromatic heterocycles. The van der Waals surface area contributed by atoms with Crippen LogP contribution in [0.3, 0.4) is 0 Å². The molecule has 4 aromatic rings. The standard InChI is InChI=1S/C30H31ClF3N9O3/c1-15(17-7-36-30(37-8-17)42-6-5-23(42)16(2)41-13-24(44)25(45)14-41)43-12-18(9-38-43)39-29(46)22-11-35-10-21(40-22)26-19(28(33)34)3-4-20(31)27(26)32/h3-4,7-12,15-16,23-25,28,44-45H,5-6,13-14H2,1-2H3,(H,39,46)/t15?,16?,23-,24+,25+/m0/s1. The number of halogens is 4. The minimum atomic E-state index is -3.00. The molecule has 2 unspecified atom stereocenters. The molecule has 0 radical (unpaired) electrons. The average molecular weight is 658 g/mol. The Labute approximate surface area is 266 Å². The van der Waals surface area contributed by atoms with Gasteiger partial charge in [0.05, 0.1) is 53.2 Å². The molecule has 2 fully saturated rings. The van der Waals surface area contributed by atoms with Gasteiger partial charge in [0.25, 0.3) is 12.3 Å². The van der Waals surface area contributed by atoms with Crippen LogP contribution in [0.1, 0.15) is 54.4 Å². The van der Waals surface area contributed by atoms with E-state index in [0.29, 0.717) is 24.7 Å². The number of likely N-dealkylation sites (tertiary alicyclic amines) is 1. The zero-order valence-electron chi connectivity index (χ0n) is 24.8. The fourth-order valence-corrected chi connectivity index (χ4v) is 5.95. The van der Waals surface area contributed by atoms with E-state index >= 15 is 0 Å². The number of alkyl halides is 2. The number of β-amino-alcohol motifs (C(OH)–C–C–N with tert-alkyl or cyclic N) is 2. The molecule has 3 N–H and O–H groups in total. The van der Waals surface area contributed by atoms with Crippen molar-refractivity contribution in [1.82, 2.24) is 34.6 Å². The number of hydrogen-bond donors (Lipinski definition) is 3. The van der Waals surface area contributed by atoms with Crippen molar-refractivity contribution in [1.29, 1.82) is 0 Å². The van der Waals surface area contributed by atoms with Crippen LogP contribution in [0.2, 0.25) is 5.02 Å². The lowest BCUT2D eigenvalue weighted by Crippen LogP contribution is -2.59. The number of nitrogens with one attached hydrogen (secondary N) is 1. The van der Waals surface area contributed by atoms with Gasteiger partial charge in [-0.05, 0) is 26.3 Å². The van der Waals surface area contributed by atoms with E-state index in [0.717, 1.165) is 43.1 Å². The SMILES string of the molecule is CC([C@@H]1CCN1c1ncc(C(C)n2cc(NC(=O)c3cncc(-c4c(C(F)F)ccc(Cl)c4F)n3)cn2)cn1)N1C[C@@H](O)[C@H](O)C1.